The van der Waals surface area contributed by atoms with Crippen LogP contribution < -0.4 is 5.32 Å². The molecule has 5 nitrogen and oxygen atoms in total. The fraction of sp³-hybridized carbons (Fsp3) is 0.923. The Morgan fingerprint density at radius 1 is 0.774 bits per heavy atom. The molecule has 2 saturated heterocycles. The van der Waals surface area contributed by atoms with Gasteiger partial charge in [-0.2, -0.15) is 0 Å². The van der Waals surface area contributed by atoms with Crippen molar-refractivity contribution in [2.75, 3.05) is 32.7 Å². The molecular weight excluding hydrogens is 386 g/mol. The highest BCUT2D eigenvalue weighted by atomic mass is 16.2. The van der Waals surface area contributed by atoms with Crippen LogP contribution in [0.3, 0.4) is 0 Å². The molecular formula is C26H43N3O2. The van der Waals surface area contributed by atoms with E-state index in [0.29, 0.717) is 11.8 Å². The second-order valence-electron chi connectivity index (χ2n) is 11.7. The van der Waals surface area contributed by atoms with E-state index in [2.05, 4.69) is 17.1 Å². The Labute approximate surface area is 188 Å². The minimum Gasteiger partial charge on any atom is -0.339 e. The molecule has 31 heavy (non-hydrogen) atoms. The molecule has 0 spiro atoms. The van der Waals surface area contributed by atoms with Crippen LogP contribution in [0, 0.1) is 29.1 Å². The SMILES string of the molecule is CC1(C(=O)N2CCN(C(=O)C3CCC(C4CNC5CCCCC5C4)CC3)CC2)CCC1. The number of carbonyl (C=O) groups excluding carboxylic acids is 2. The molecule has 3 saturated carbocycles. The zero-order chi connectivity index (χ0) is 21.4. The van der Waals surface area contributed by atoms with Crippen molar-refractivity contribution in [1.29, 1.82) is 0 Å². The van der Waals surface area contributed by atoms with Gasteiger partial charge in [-0.05, 0) is 82.1 Å². The fourth-order valence-electron chi connectivity index (χ4n) is 7.42. The molecule has 1 N–H and O–H groups in total. The zero-order valence-electron chi connectivity index (χ0n) is 19.6. The van der Waals surface area contributed by atoms with Crippen LogP contribution in [0.15, 0.2) is 0 Å². The Hall–Kier alpha value is -1.10. The molecule has 5 heteroatoms. The molecule has 174 valence electrons. The zero-order valence-corrected chi connectivity index (χ0v) is 19.6. The molecule has 5 fully saturated rings. The van der Waals surface area contributed by atoms with E-state index in [-0.39, 0.29) is 11.3 Å². The molecule has 2 amide bonds. The highest BCUT2D eigenvalue weighted by Crippen LogP contribution is 2.43. The summed E-state index contributed by atoms with van der Waals surface area (Å²) >= 11 is 0. The first kappa shape index (κ1) is 21.7. The number of piperidine rings is 1. The summed E-state index contributed by atoms with van der Waals surface area (Å²) in [5.74, 6) is 3.48. The van der Waals surface area contributed by atoms with Crippen molar-refractivity contribution in [2.45, 2.75) is 90.0 Å². The Balaban J connectivity index is 1.06. The number of hydrogen-bond acceptors (Lipinski definition) is 3. The van der Waals surface area contributed by atoms with Crippen LogP contribution in [0.1, 0.15) is 84.0 Å². The summed E-state index contributed by atoms with van der Waals surface area (Å²) in [5, 5.41) is 3.88. The van der Waals surface area contributed by atoms with Crippen molar-refractivity contribution < 1.29 is 9.59 Å². The van der Waals surface area contributed by atoms with Crippen LogP contribution >= 0.6 is 0 Å². The third kappa shape index (κ3) is 4.41. The molecule has 0 aromatic carbocycles. The topological polar surface area (TPSA) is 52.7 Å². The Kier molecular flexibility index (Phi) is 6.33. The summed E-state index contributed by atoms with van der Waals surface area (Å²) in [7, 11) is 0. The molecule has 5 rings (SSSR count). The van der Waals surface area contributed by atoms with Crippen molar-refractivity contribution >= 4 is 11.8 Å². The molecule has 0 radical (unpaired) electrons. The lowest BCUT2D eigenvalue weighted by Gasteiger charge is -2.45. The van der Waals surface area contributed by atoms with E-state index < -0.39 is 0 Å². The Morgan fingerprint density at radius 3 is 2.13 bits per heavy atom. The lowest BCUT2D eigenvalue weighted by Crippen LogP contribution is -2.56. The van der Waals surface area contributed by atoms with Gasteiger partial charge in [-0.25, -0.2) is 0 Å². The lowest BCUT2D eigenvalue weighted by molar-refractivity contribution is -0.151. The number of nitrogens with zero attached hydrogens (tertiary/aromatic N) is 2. The predicted molar refractivity (Wildman–Crippen MR) is 122 cm³/mol. The van der Waals surface area contributed by atoms with E-state index in [4.69, 9.17) is 0 Å². The van der Waals surface area contributed by atoms with Gasteiger partial charge in [-0.1, -0.05) is 26.2 Å². The van der Waals surface area contributed by atoms with Gasteiger partial charge in [0.15, 0.2) is 0 Å². The van der Waals surface area contributed by atoms with E-state index in [1.165, 1.54) is 57.9 Å². The number of fused-ring (bicyclic) bond motifs is 1. The van der Waals surface area contributed by atoms with E-state index in [1.54, 1.807) is 0 Å². The number of piperazine rings is 1. The number of rotatable bonds is 3. The Morgan fingerprint density at radius 2 is 1.45 bits per heavy atom. The Bertz CT molecular complexity index is 660. The normalized spacial score (nSPS) is 38.2. The molecule has 2 heterocycles. The van der Waals surface area contributed by atoms with E-state index in [0.717, 1.165) is 75.7 Å². The molecule has 0 aromatic rings. The number of nitrogens with one attached hydrogen (secondary N) is 1. The predicted octanol–water partition coefficient (Wildman–Crippen LogP) is 3.82. The summed E-state index contributed by atoms with van der Waals surface area (Å²) in [6.45, 7) is 6.24. The second-order valence-corrected chi connectivity index (χ2v) is 11.7. The summed E-state index contributed by atoms with van der Waals surface area (Å²) in [6, 6.07) is 0.792. The first-order valence-corrected chi connectivity index (χ1v) is 13.3. The lowest BCUT2D eigenvalue weighted by atomic mass is 9.68. The standard InChI is InChI=1S/C26H43N3O2/c1-26(11-4-12-26)25(31)29-15-13-28(14-16-29)24(30)20-9-7-19(8-10-20)22-17-21-5-2-3-6-23(21)27-18-22/h19-23,27H,2-18H2,1H3. The van der Waals surface area contributed by atoms with Gasteiger partial charge in [0.25, 0.3) is 0 Å². The van der Waals surface area contributed by atoms with Crippen LogP contribution in [0.5, 0.6) is 0 Å². The smallest absolute Gasteiger partial charge is 0.228 e. The van der Waals surface area contributed by atoms with Gasteiger partial charge in [0, 0.05) is 43.6 Å². The minimum atomic E-state index is -0.115. The maximum atomic E-state index is 13.2. The van der Waals surface area contributed by atoms with Crippen molar-refractivity contribution in [3.05, 3.63) is 0 Å². The second kappa shape index (κ2) is 9.03. The molecule has 0 aromatic heterocycles. The van der Waals surface area contributed by atoms with Gasteiger partial charge in [0.05, 0.1) is 0 Å². The number of hydrogen-bond donors (Lipinski definition) is 1. The quantitative estimate of drug-likeness (QED) is 0.742. The third-order valence-corrected chi connectivity index (χ3v) is 9.80. The van der Waals surface area contributed by atoms with Crippen LogP contribution in [-0.2, 0) is 9.59 Å². The van der Waals surface area contributed by atoms with Gasteiger partial charge in [0.1, 0.15) is 0 Å². The molecule has 2 aliphatic heterocycles. The summed E-state index contributed by atoms with van der Waals surface area (Å²) in [6.07, 6.45) is 14.9. The van der Waals surface area contributed by atoms with Gasteiger partial charge in [-0.15, -0.1) is 0 Å². The maximum Gasteiger partial charge on any atom is 0.228 e. The molecule has 3 unspecified atom stereocenters. The largest absolute Gasteiger partial charge is 0.339 e. The first-order valence-electron chi connectivity index (χ1n) is 13.3. The van der Waals surface area contributed by atoms with E-state index in [9.17, 15) is 9.59 Å². The summed E-state index contributed by atoms with van der Waals surface area (Å²) in [5.41, 5.74) is -0.115. The van der Waals surface area contributed by atoms with Gasteiger partial charge >= 0.3 is 0 Å². The monoisotopic (exact) mass is 429 g/mol. The van der Waals surface area contributed by atoms with E-state index >= 15 is 0 Å². The van der Waals surface area contributed by atoms with Crippen LogP contribution in [0.4, 0.5) is 0 Å². The fourth-order valence-corrected chi connectivity index (χ4v) is 7.42. The van der Waals surface area contributed by atoms with Gasteiger partial charge < -0.3 is 15.1 Å². The average Bonchev–Trinajstić information content (AvgIpc) is 2.81. The molecule has 3 atom stereocenters. The van der Waals surface area contributed by atoms with Crippen molar-refractivity contribution in [2.24, 2.45) is 29.1 Å². The van der Waals surface area contributed by atoms with Crippen molar-refractivity contribution in [3.63, 3.8) is 0 Å². The first-order chi connectivity index (χ1) is 15.0. The van der Waals surface area contributed by atoms with Crippen molar-refractivity contribution in [3.8, 4) is 0 Å². The third-order valence-electron chi connectivity index (χ3n) is 9.80. The molecule has 5 aliphatic rings. The maximum absolute atomic E-state index is 13.2. The van der Waals surface area contributed by atoms with Gasteiger partial charge in [0.2, 0.25) is 11.8 Å². The van der Waals surface area contributed by atoms with Crippen LogP contribution in [0.25, 0.3) is 0 Å². The summed E-state index contributed by atoms with van der Waals surface area (Å²) < 4.78 is 0. The summed E-state index contributed by atoms with van der Waals surface area (Å²) in [4.78, 5) is 30.0. The van der Waals surface area contributed by atoms with Gasteiger partial charge in [-0.3, -0.25) is 9.59 Å². The molecule has 3 aliphatic carbocycles. The van der Waals surface area contributed by atoms with Crippen LogP contribution in [-0.4, -0.2) is 60.4 Å². The number of carbonyl (C=O) groups is 2. The average molecular weight is 430 g/mol. The number of amides is 2. The van der Waals surface area contributed by atoms with E-state index in [1.807, 2.05) is 4.90 Å². The minimum absolute atomic E-state index is 0.115. The highest BCUT2D eigenvalue weighted by molar-refractivity contribution is 5.84. The highest BCUT2D eigenvalue weighted by Gasteiger charge is 2.43. The van der Waals surface area contributed by atoms with Crippen LogP contribution in [0.2, 0.25) is 0 Å². The molecule has 0 bridgehead atoms. The van der Waals surface area contributed by atoms with Crippen molar-refractivity contribution in [1.82, 2.24) is 15.1 Å².